The highest BCUT2D eigenvalue weighted by molar-refractivity contribution is 7.92. The lowest BCUT2D eigenvalue weighted by Gasteiger charge is -2.32. The van der Waals surface area contributed by atoms with Crippen LogP contribution < -0.4 is 14.4 Å². The van der Waals surface area contributed by atoms with E-state index in [1.165, 1.54) is 24.1 Å². The number of rotatable bonds is 12. The lowest BCUT2D eigenvalue weighted by atomic mass is 10.1. The van der Waals surface area contributed by atoms with Crippen LogP contribution in [0.5, 0.6) is 5.75 Å². The first-order chi connectivity index (χ1) is 18.1. The smallest absolute Gasteiger partial charge is 0.264 e. The summed E-state index contributed by atoms with van der Waals surface area (Å²) in [5, 5.41) is 2.85. The van der Waals surface area contributed by atoms with Crippen molar-refractivity contribution in [1.82, 2.24) is 10.2 Å². The minimum atomic E-state index is -4.11. The van der Waals surface area contributed by atoms with E-state index in [0.29, 0.717) is 12.2 Å². The van der Waals surface area contributed by atoms with E-state index in [2.05, 4.69) is 5.32 Å². The van der Waals surface area contributed by atoms with Crippen LogP contribution >= 0.6 is 0 Å². The van der Waals surface area contributed by atoms with Crippen molar-refractivity contribution >= 4 is 27.5 Å². The number of hydrogen-bond acceptors (Lipinski definition) is 5. The van der Waals surface area contributed by atoms with Crippen LogP contribution in [0.15, 0.2) is 89.8 Å². The predicted octanol–water partition coefficient (Wildman–Crippen LogP) is 3.87. The van der Waals surface area contributed by atoms with E-state index in [0.717, 1.165) is 9.87 Å². The van der Waals surface area contributed by atoms with E-state index in [9.17, 15) is 18.0 Å². The number of anilines is 1. The molecule has 1 atom stereocenters. The van der Waals surface area contributed by atoms with Gasteiger partial charge in [-0.15, -0.1) is 0 Å². The zero-order valence-electron chi connectivity index (χ0n) is 22.2. The van der Waals surface area contributed by atoms with Gasteiger partial charge in [-0.3, -0.25) is 13.9 Å². The molecular formula is C29H35N3O5S. The summed E-state index contributed by atoms with van der Waals surface area (Å²) in [4.78, 5) is 28.2. The van der Waals surface area contributed by atoms with Crippen LogP contribution in [0, 0.1) is 0 Å². The summed E-state index contributed by atoms with van der Waals surface area (Å²) in [7, 11) is -2.62. The zero-order chi connectivity index (χ0) is 27.7. The molecule has 3 aromatic rings. The monoisotopic (exact) mass is 537 g/mol. The second-order valence-electron chi connectivity index (χ2n) is 9.19. The molecule has 38 heavy (non-hydrogen) atoms. The predicted molar refractivity (Wildman–Crippen MR) is 149 cm³/mol. The summed E-state index contributed by atoms with van der Waals surface area (Å²) in [6.45, 7) is 5.10. The molecule has 0 spiro atoms. The minimum absolute atomic E-state index is 0.0528. The number of benzene rings is 3. The van der Waals surface area contributed by atoms with E-state index in [1.807, 2.05) is 44.2 Å². The Morgan fingerprint density at radius 3 is 2.13 bits per heavy atom. The molecule has 0 aliphatic heterocycles. The number of nitrogens with zero attached hydrogens (tertiary/aromatic N) is 2. The van der Waals surface area contributed by atoms with Crippen molar-refractivity contribution < 1.29 is 22.7 Å². The number of methoxy groups -OCH3 is 1. The molecule has 202 valence electrons. The van der Waals surface area contributed by atoms with Gasteiger partial charge in [0.25, 0.3) is 10.0 Å². The fraction of sp³-hybridized carbons (Fsp3) is 0.310. The van der Waals surface area contributed by atoms with E-state index >= 15 is 0 Å². The van der Waals surface area contributed by atoms with Crippen LogP contribution in [0.4, 0.5) is 5.69 Å². The van der Waals surface area contributed by atoms with Gasteiger partial charge in [-0.25, -0.2) is 8.42 Å². The minimum Gasteiger partial charge on any atom is -0.497 e. The van der Waals surface area contributed by atoms with E-state index in [-0.39, 0.29) is 29.1 Å². The molecule has 0 aliphatic rings. The summed E-state index contributed by atoms with van der Waals surface area (Å²) in [5.74, 6) is -0.344. The van der Waals surface area contributed by atoms with Crippen molar-refractivity contribution in [2.24, 2.45) is 0 Å². The van der Waals surface area contributed by atoms with Crippen molar-refractivity contribution in [1.29, 1.82) is 0 Å². The third kappa shape index (κ3) is 7.35. The first kappa shape index (κ1) is 28.7. The van der Waals surface area contributed by atoms with Crippen molar-refractivity contribution in [3.8, 4) is 5.75 Å². The van der Waals surface area contributed by atoms with Gasteiger partial charge in [0.2, 0.25) is 11.8 Å². The number of nitrogens with one attached hydrogen (secondary N) is 1. The van der Waals surface area contributed by atoms with Gasteiger partial charge < -0.3 is 15.0 Å². The standard InChI is InChI=1S/C29H35N3O5S/c1-22(2)30-29(34)23(3)31(19-18-24-12-7-5-8-13-24)28(33)21-32(25-14-11-15-26(20-25)37-4)38(35,36)27-16-9-6-10-17-27/h5-17,20,22-23H,18-19,21H2,1-4H3,(H,30,34). The molecule has 0 bridgehead atoms. The molecule has 1 N–H and O–H groups in total. The largest absolute Gasteiger partial charge is 0.497 e. The Labute approximate surface area is 225 Å². The third-order valence-corrected chi connectivity index (χ3v) is 7.82. The van der Waals surface area contributed by atoms with Gasteiger partial charge in [0.05, 0.1) is 17.7 Å². The van der Waals surface area contributed by atoms with Crippen LogP contribution in [0.1, 0.15) is 26.3 Å². The first-order valence-electron chi connectivity index (χ1n) is 12.5. The summed E-state index contributed by atoms with van der Waals surface area (Å²) in [5.41, 5.74) is 1.28. The quantitative estimate of drug-likeness (QED) is 0.378. The van der Waals surface area contributed by atoms with E-state index in [4.69, 9.17) is 4.74 Å². The molecule has 3 aromatic carbocycles. The molecule has 8 nitrogen and oxygen atoms in total. The maximum absolute atomic E-state index is 13.8. The Morgan fingerprint density at radius 2 is 1.53 bits per heavy atom. The molecule has 0 saturated heterocycles. The Morgan fingerprint density at radius 1 is 0.895 bits per heavy atom. The average molecular weight is 538 g/mol. The maximum Gasteiger partial charge on any atom is 0.264 e. The molecule has 0 fully saturated rings. The molecule has 0 radical (unpaired) electrons. The average Bonchev–Trinajstić information content (AvgIpc) is 2.92. The molecule has 0 saturated carbocycles. The van der Waals surface area contributed by atoms with Crippen molar-refractivity contribution in [2.75, 3.05) is 24.5 Å². The fourth-order valence-corrected chi connectivity index (χ4v) is 5.42. The molecule has 0 aromatic heterocycles. The number of carbonyl (C=O) groups excluding carboxylic acids is 2. The molecule has 9 heteroatoms. The number of carbonyl (C=O) groups is 2. The van der Waals surface area contributed by atoms with Gasteiger partial charge in [-0.05, 0) is 57.0 Å². The van der Waals surface area contributed by atoms with Gasteiger partial charge >= 0.3 is 0 Å². The van der Waals surface area contributed by atoms with Gasteiger partial charge in [0, 0.05) is 18.7 Å². The van der Waals surface area contributed by atoms with Gasteiger partial charge in [-0.2, -0.15) is 0 Å². The summed E-state index contributed by atoms with van der Waals surface area (Å²) in [6.07, 6.45) is 0.510. The first-order valence-corrected chi connectivity index (χ1v) is 13.9. The third-order valence-electron chi connectivity index (χ3n) is 6.03. The Kier molecular flexibility index (Phi) is 9.90. The highest BCUT2D eigenvalue weighted by Gasteiger charge is 2.32. The lowest BCUT2D eigenvalue weighted by Crippen LogP contribution is -2.53. The van der Waals surface area contributed by atoms with Crippen LogP contribution in [0.2, 0.25) is 0 Å². The summed E-state index contributed by atoms with van der Waals surface area (Å²) >= 11 is 0. The van der Waals surface area contributed by atoms with Crippen LogP contribution in [0.25, 0.3) is 0 Å². The van der Waals surface area contributed by atoms with Gasteiger partial charge in [-0.1, -0.05) is 54.6 Å². The number of amides is 2. The van der Waals surface area contributed by atoms with E-state index < -0.39 is 28.5 Å². The number of hydrogen-bond donors (Lipinski definition) is 1. The van der Waals surface area contributed by atoms with E-state index in [1.54, 1.807) is 49.4 Å². The second kappa shape index (κ2) is 13.1. The Balaban J connectivity index is 1.98. The van der Waals surface area contributed by atoms with Crippen LogP contribution in [-0.2, 0) is 26.0 Å². The Bertz CT molecular complexity index is 1310. The molecule has 0 aliphatic carbocycles. The molecule has 1 unspecified atom stereocenters. The van der Waals surface area contributed by atoms with Crippen molar-refractivity contribution in [3.63, 3.8) is 0 Å². The normalized spacial score (nSPS) is 12.0. The van der Waals surface area contributed by atoms with Crippen LogP contribution in [-0.4, -0.2) is 57.4 Å². The second-order valence-corrected chi connectivity index (χ2v) is 11.1. The molecular weight excluding hydrogens is 502 g/mol. The number of ether oxygens (including phenoxy) is 1. The van der Waals surface area contributed by atoms with Gasteiger partial charge in [0.15, 0.2) is 0 Å². The SMILES string of the molecule is COc1cccc(N(CC(=O)N(CCc2ccccc2)C(C)C(=O)NC(C)C)S(=O)(=O)c2ccccc2)c1. The summed E-state index contributed by atoms with van der Waals surface area (Å²) < 4.78 is 33.9. The fourth-order valence-electron chi connectivity index (χ4n) is 3.99. The molecule has 2 amide bonds. The zero-order valence-corrected chi connectivity index (χ0v) is 23.0. The highest BCUT2D eigenvalue weighted by atomic mass is 32.2. The van der Waals surface area contributed by atoms with Crippen molar-refractivity contribution in [3.05, 3.63) is 90.5 Å². The molecule has 3 rings (SSSR count). The highest BCUT2D eigenvalue weighted by Crippen LogP contribution is 2.27. The van der Waals surface area contributed by atoms with Crippen molar-refractivity contribution in [2.45, 2.75) is 44.2 Å². The van der Waals surface area contributed by atoms with Gasteiger partial charge in [0.1, 0.15) is 18.3 Å². The maximum atomic E-state index is 13.8. The molecule has 0 heterocycles. The Hall–Kier alpha value is -3.85. The lowest BCUT2D eigenvalue weighted by molar-refractivity contribution is -0.139. The summed E-state index contributed by atoms with van der Waals surface area (Å²) in [6, 6.07) is 23.2. The topological polar surface area (TPSA) is 96.0 Å². The van der Waals surface area contributed by atoms with Crippen LogP contribution in [0.3, 0.4) is 0 Å². The number of sulfonamides is 1.